The Morgan fingerprint density at radius 2 is 1.94 bits per heavy atom. The molecule has 5 aromatic rings. The van der Waals surface area contributed by atoms with Crippen molar-refractivity contribution in [2.45, 2.75) is 6.10 Å². The van der Waals surface area contributed by atoms with Crippen LogP contribution in [0.4, 0.5) is 24.8 Å². The van der Waals surface area contributed by atoms with E-state index in [1.54, 1.807) is 0 Å². The lowest BCUT2D eigenvalue weighted by Crippen LogP contribution is -2.41. The molecule has 0 spiro atoms. The van der Waals surface area contributed by atoms with Crippen molar-refractivity contribution >= 4 is 33.6 Å². The lowest BCUT2D eigenvalue weighted by atomic mass is 10.2. The fourth-order valence-electron chi connectivity index (χ4n) is 4.39. The van der Waals surface area contributed by atoms with E-state index in [9.17, 15) is 18.0 Å². The topological polar surface area (TPSA) is 101 Å². The molecule has 182 valence electrons. The molecular weight excluding hydrogens is 475 g/mol. The number of benzene rings is 2. The molecule has 0 fully saturated rings. The number of rotatable bonds is 4. The van der Waals surface area contributed by atoms with Crippen molar-refractivity contribution in [3.05, 3.63) is 76.6 Å². The van der Waals surface area contributed by atoms with Gasteiger partial charge in [0.05, 0.1) is 35.2 Å². The number of hydrogen-bond acceptors (Lipinski definition) is 7. The van der Waals surface area contributed by atoms with E-state index in [0.29, 0.717) is 18.5 Å². The van der Waals surface area contributed by atoms with Gasteiger partial charge >= 0.3 is 0 Å². The third-order valence-electron chi connectivity index (χ3n) is 6.10. The third kappa shape index (κ3) is 3.41. The fourth-order valence-corrected chi connectivity index (χ4v) is 4.39. The fraction of sp³-hybridized carbons (Fsp3) is 0.167. The molecule has 0 amide bonds. The molecule has 1 aliphatic rings. The van der Waals surface area contributed by atoms with E-state index >= 15 is 0 Å². The van der Waals surface area contributed by atoms with Crippen LogP contribution in [-0.2, 0) is 0 Å². The van der Waals surface area contributed by atoms with Crippen LogP contribution in [0, 0.1) is 17.5 Å². The molecule has 9 nitrogen and oxygen atoms in total. The highest BCUT2D eigenvalue weighted by molar-refractivity contribution is 6.02. The Labute approximate surface area is 201 Å². The number of likely N-dealkylation sites (N-methyl/N-ethyl adjacent to an activating group) is 1. The molecule has 0 saturated heterocycles. The average Bonchev–Trinajstić information content (AvgIpc) is 3.38. The van der Waals surface area contributed by atoms with Crippen LogP contribution in [0.15, 0.2) is 53.6 Å². The molecule has 2 aromatic carbocycles. The summed E-state index contributed by atoms with van der Waals surface area (Å²) in [5.74, 6) is -3.67. The van der Waals surface area contributed by atoms with Crippen LogP contribution < -0.4 is 20.5 Å². The molecule has 3 aromatic heterocycles. The summed E-state index contributed by atoms with van der Waals surface area (Å²) < 4.78 is 49.3. The number of hydrogen-bond donors (Lipinski definition) is 2. The first kappa shape index (κ1) is 21.9. The van der Waals surface area contributed by atoms with E-state index in [-0.39, 0.29) is 28.6 Å². The quantitative estimate of drug-likeness (QED) is 0.370. The molecule has 1 aliphatic heterocycles. The Balaban J connectivity index is 1.41. The molecule has 12 heteroatoms. The minimum absolute atomic E-state index is 0.0194. The highest BCUT2D eigenvalue weighted by Gasteiger charge is 2.24. The van der Waals surface area contributed by atoms with Gasteiger partial charge in [-0.25, -0.2) is 18.2 Å². The van der Waals surface area contributed by atoms with E-state index in [0.717, 1.165) is 28.1 Å². The van der Waals surface area contributed by atoms with Crippen molar-refractivity contribution in [3.8, 4) is 11.4 Å². The first-order valence-corrected chi connectivity index (χ1v) is 11.0. The monoisotopic (exact) mass is 493 g/mol. The van der Waals surface area contributed by atoms with Gasteiger partial charge in [0.2, 0.25) is 5.95 Å². The second kappa shape index (κ2) is 8.26. The minimum atomic E-state index is -1.69. The van der Waals surface area contributed by atoms with E-state index < -0.39 is 28.7 Å². The first-order valence-electron chi connectivity index (χ1n) is 11.0. The van der Waals surface area contributed by atoms with Gasteiger partial charge in [0.15, 0.2) is 23.1 Å². The van der Waals surface area contributed by atoms with Crippen molar-refractivity contribution < 1.29 is 17.9 Å². The number of halogens is 3. The molecular formula is C24H18F3N7O2. The Morgan fingerprint density at radius 3 is 2.81 bits per heavy atom. The van der Waals surface area contributed by atoms with Gasteiger partial charge in [-0.2, -0.15) is 10.1 Å². The van der Waals surface area contributed by atoms with Crippen molar-refractivity contribution in [2.24, 2.45) is 0 Å². The summed E-state index contributed by atoms with van der Waals surface area (Å²) >= 11 is 0. The zero-order valence-corrected chi connectivity index (χ0v) is 18.8. The van der Waals surface area contributed by atoms with Crippen LogP contribution in [0.5, 0.6) is 5.75 Å². The SMILES string of the molecule is CN1CC(CNc2ncc3c4n[nH]cc4c(=O)n(-c4ccc(F)c(F)c4F)c3n2)Oc2ccccc21. The van der Waals surface area contributed by atoms with Crippen LogP contribution in [0.3, 0.4) is 0 Å². The summed E-state index contributed by atoms with van der Waals surface area (Å²) in [6, 6.07) is 9.42. The Hall–Kier alpha value is -4.61. The van der Waals surface area contributed by atoms with Gasteiger partial charge in [0, 0.05) is 19.4 Å². The largest absolute Gasteiger partial charge is 0.485 e. The summed E-state index contributed by atoms with van der Waals surface area (Å²) in [6.07, 6.45) is 2.54. The van der Waals surface area contributed by atoms with Gasteiger partial charge in [-0.3, -0.25) is 14.5 Å². The van der Waals surface area contributed by atoms with Gasteiger partial charge < -0.3 is 15.0 Å². The standard InChI is InChI=1S/C24H18F3N7O2/c1-33-11-12(36-18-5-3-2-4-16(18)33)8-28-24-29-9-13-21-14(10-30-32-21)23(35)34(22(13)31-24)17-7-6-15(25)19(26)20(17)27/h2-7,9-10,12H,8,11H2,1H3,(H,30,32)(H,28,29,31). The molecule has 1 unspecified atom stereocenters. The Kier molecular flexibility index (Phi) is 5.02. The molecule has 1 atom stereocenters. The van der Waals surface area contributed by atoms with Gasteiger partial charge in [0.1, 0.15) is 17.4 Å². The van der Waals surface area contributed by atoms with Crippen molar-refractivity contribution in [1.82, 2.24) is 24.7 Å². The molecule has 0 saturated carbocycles. The van der Waals surface area contributed by atoms with Crippen LogP contribution >= 0.6 is 0 Å². The number of nitrogens with zero attached hydrogens (tertiary/aromatic N) is 5. The predicted molar refractivity (Wildman–Crippen MR) is 127 cm³/mol. The van der Waals surface area contributed by atoms with Crippen LogP contribution in [-0.4, -0.2) is 51.0 Å². The summed E-state index contributed by atoms with van der Waals surface area (Å²) in [5.41, 5.74) is 0.0557. The zero-order chi connectivity index (χ0) is 25.0. The molecule has 2 N–H and O–H groups in total. The van der Waals surface area contributed by atoms with Crippen molar-refractivity contribution in [2.75, 3.05) is 30.4 Å². The van der Waals surface area contributed by atoms with Gasteiger partial charge in [-0.15, -0.1) is 0 Å². The van der Waals surface area contributed by atoms with E-state index in [1.807, 2.05) is 31.3 Å². The van der Waals surface area contributed by atoms with Crippen LogP contribution in [0.25, 0.3) is 27.6 Å². The molecule has 4 heterocycles. The van der Waals surface area contributed by atoms with Crippen LogP contribution in [0.1, 0.15) is 0 Å². The van der Waals surface area contributed by atoms with E-state index in [2.05, 4.69) is 30.4 Å². The second-order valence-electron chi connectivity index (χ2n) is 8.38. The summed E-state index contributed by atoms with van der Waals surface area (Å²) in [6.45, 7) is 0.939. The normalized spacial score (nSPS) is 15.2. The molecule has 0 radical (unpaired) electrons. The smallest absolute Gasteiger partial charge is 0.267 e. The minimum Gasteiger partial charge on any atom is -0.485 e. The zero-order valence-electron chi connectivity index (χ0n) is 18.8. The number of aromatic amines is 1. The number of para-hydroxylation sites is 2. The third-order valence-corrected chi connectivity index (χ3v) is 6.10. The molecule has 6 rings (SSSR count). The summed E-state index contributed by atoms with van der Waals surface area (Å²) in [7, 11) is 1.96. The average molecular weight is 493 g/mol. The number of ether oxygens (including phenoxy) is 1. The van der Waals surface area contributed by atoms with Gasteiger partial charge in [-0.05, 0) is 24.3 Å². The lowest BCUT2D eigenvalue weighted by molar-refractivity contribution is 0.208. The van der Waals surface area contributed by atoms with Crippen molar-refractivity contribution in [3.63, 3.8) is 0 Å². The molecule has 36 heavy (non-hydrogen) atoms. The number of fused-ring (bicyclic) bond motifs is 4. The lowest BCUT2D eigenvalue weighted by Gasteiger charge is -2.33. The number of nitrogens with one attached hydrogen (secondary N) is 2. The Morgan fingerprint density at radius 1 is 1.11 bits per heavy atom. The summed E-state index contributed by atoms with van der Waals surface area (Å²) in [4.78, 5) is 24.0. The van der Waals surface area contributed by atoms with Crippen LogP contribution in [0.2, 0.25) is 0 Å². The predicted octanol–water partition coefficient (Wildman–Crippen LogP) is 3.38. The first-order chi connectivity index (χ1) is 17.4. The van der Waals surface area contributed by atoms with E-state index in [1.165, 1.54) is 12.4 Å². The number of anilines is 2. The maximum absolute atomic E-state index is 14.8. The number of H-pyrrole nitrogens is 1. The van der Waals surface area contributed by atoms with Gasteiger partial charge in [0.25, 0.3) is 5.56 Å². The number of pyridine rings is 1. The van der Waals surface area contributed by atoms with E-state index in [4.69, 9.17) is 4.74 Å². The summed E-state index contributed by atoms with van der Waals surface area (Å²) in [5, 5.41) is 10.2. The Bertz CT molecular complexity index is 1700. The molecule has 0 aliphatic carbocycles. The highest BCUT2D eigenvalue weighted by atomic mass is 19.2. The maximum Gasteiger partial charge on any atom is 0.267 e. The maximum atomic E-state index is 14.8. The van der Waals surface area contributed by atoms with Crippen molar-refractivity contribution in [1.29, 1.82) is 0 Å². The highest BCUT2D eigenvalue weighted by Crippen LogP contribution is 2.32. The number of aromatic nitrogens is 5. The molecule has 0 bridgehead atoms. The second-order valence-corrected chi connectivity index (χ2v) is 8.38. The van der Waals surface area contributed by atoms with Gasteiger partial charge in [-0.1, -0.05) is 12.1 Å².